The molecule has 0 aromatic heterocycles. The Kier molecular flexibility index (Phi) is 56.6. The number of aliphatic hydroxyl groups is 2. The van der Waals surface area contributed by atoms with Crippen LogP contribution in [0.2, 0.25) is 0 Å². The smallest absolute Gasteiger partial charge is 0.106 e. The van der Waals surface area contributed by atoms with Crippen LogP contribution in [0, 0.1) is 0 Å². The molecule has 2 unspecified atom stereocenters. The van der Waals surface area contributed by atoms with Crippen LogP contribution in [0.1, 0.15) is 23.3 Å². The Morgan fingerprint density at radius 3 is 0.608 bits per heavy atom. The summed E-state index contributed by atoms with van der Waals surface area (Å²) in [7, 11) is 0. The molecule has 0 spiro atoms. The van der Waals surface area contributed by atoms with E-state index in [0.29, 0.717) is 264 Å². The largest absolute Gasteiger partial charge is 0.394 e. The summed E-state index contributed by atoms with van der Waals surface area (Å²) in [5.41, 5.74) is 1.92. The van der Waals surface area contributed by atoms with E-state index in [9.17, 15) is 5.11 Å². The highest BCUT2D eigenvalue weighted by molar-refractivity contribution is 5.19. The highest BCUT2D eigenvalue weighted by atomic mass is 16.6. The number of ether oxygens (including phenoxy) is 21. The van der Waals surface area contributed by atoms with Gasteiger partial charge in [-0.2, -0.15) is 0 Å². The maximum Gasteiger partial charge on any atom is 0.106 e. The number of aliphatic hydroxyl groups excluding tert-OH is 2. The van der Waals surface area contributed by atoms with Crippen LogP contribution in [0.5, 0.6) is 0 Å². The van der Waals surface area contributed by atoms with Crippen molar-refractivity contribution in [1.82, 2.24) is 0 Å². The van der Waals surface area contributed by atoms with Gasteiger partial charge in [0, 0.05) is 0 Å². The van der Waals surface area contributed by atoms with Crippen LogP contribution in [0.3, 0.4) is 0 Å². The van der Waals surface area contributed by atoms with Crippen molar-refractivity contribution < 1.29 is 110 Å². The van der Waals surface area contributed by atoms with Crippen molar-refractivity contribution >= 4 is 0 Å². The molecule has 2 N–H and O–H groups in total. The highest BCUT2D eigenvalue weighted by Crippen LogP contribution is 2.23. The molecule has 23 nitrogen and oxygen atoms in total. The summed E-state index contributed by atoms with van der Waals surface area (Å²) in [5.74, 6) is 0. The van der Waals surface area contributed by atoms with Gasteiger partial charge < -0.3 is 110 Å². The molecule has 0 fully saturated rings. The van der Waals surface area contributed by atoms with Gasteiger partial charge in [-0.05, 0) is 11.1 Å². The summed E-state index contributed by atoms with van der Waals surface area (Å²) in [6.45, 7) is 18.7. The molecule has 0 aliphatic carbocycles. The van der Waals surface area contributed by atoms with Crippen molar-refractivity contribution in [3.05, 3.63) is 71.8 Å². The van der Waals surface area contributed by atoms with Crippen LogP contribution in [0.4, 0.5) is 0 Å². The lowest BCUT2D eigenvalue weighted by Gasteiger charge is -2.22. The van der Waals surface area contributed by atoms with Gasteiger partial charge in [0.05, 0.1) is 277 Å². The monoisotopic (exact) mass is 1140 g/mol. The Labute approximate surface area is 470 Å². The summed E-state index contributed by atoms with van der Waals surface area (Å²) in [4.78, 5) is 0. The second-order valence-corrected chi connectivity index (χ2v) is 16.5. The van der Waals surface area contributed by atoms with E-state index in [-0.39, 0.29) is 19.3 Å². The minimum atomic E-state index is -0.422. The number of hydrogen-bond donors (Lipinski definition) is 2. The SMILES string of the molecule is OCCOCCOCCOCCOCCOCCOCCOCCOCCOCCOCCOCCOCCOCCOCCOCCOCCOCCOCCOCCOC(COC(CO)c1ccccc1)c1ccccc1. The fourth-order valence-corrected chi connectivity index (χ4v) is 6.41. The molecule has 0 saturated heterocycles. The zero-order valence-electron chi connectivity index (χ0n) is 47.1. The van der Waals surface area contributed by atoms with Gasteiger partial charge >= 0.3 is 0 Å². The maximum atomic E-state index is 9.87. The van der Waals surface area contributed by atoms with Crippen molar-refractivity contribution in [3.8, 4) is 0 Å². The van der Waals surface area contributed by atoms with Crippen LogP contribution >= 0.6 is 0 Å². The molecule has 79 heavy (non-hydrogen) atoms. The first kappa shape index (κ1) is 72.6. The Morgan fingerprint density at radius 2 is 0.405 bits per heavy atom. The third kappa shape index (κ3) is 50.9. The first-order valence-corrected chi connectivity index (χ1v) is 27.9. The molecule has 2 aromatic rings. The second kappa shape index (κ2) is 61.6. The van der Waals surface area contributed by atoms with Gasteiger partial charge in [-0.25, -0.2) is 0 Å². The average Bonchev–Trinajstić information content (AvgIpc) is 3.48. The quantitative estimate of drug-likeness (QED) is 0.0907. The lowest BCUT2D eigenvalue weighted by atomic mass is 10.1. The van der Waals surface area contributed by atoms with E-state index in [1.54, 1.807) is 0 Å². The van der Waals surface area contributed by atoms with E-state index >= 15 is 0 Å². The lowest BCUT2D eigenvalue weighted by Crippen LogP contribution is -2.19. The second-order valence-electron chi connectivity index (χ2n) is 16.5. The van der Waals surface area contributed by atoms with E-state index < -0.39 is 6.10 Å². The number of benzene rings is 2. The number of hydrogen-bond acceptors (Lipinski definition) is 23. The fourth-order valence-electron chi connectivity index (χ4n) is 6.41. The molecule has 2 rings (SSSR count). The van der Waals surface area contributed by atoms with Crippen LogP contribution in [-0.2, 0) is 99.5 Å². The molecule has 460 valence electrons. The van der Waals surface area contributed by atoms with Gasteiger partial charge in [-0.3, -0.25) is 0 Å². The van der Waals surface area contributed by atoms with Crippen molar-refractivity contribution in [2.45, 2.75) is 12.2 Å². The van der Waals surface area contributed by atoms with Crippen molar-refractivity contribution in [1.29, 1.82) is 0 Å². The molecule has 0 saturated carbocycles. The van der Waals surface area contributed by atoms with E-state index in [0.717, 1.165) is 11.1 Å². The van der Waals surface area contributed by atoms with Gasteiger partial charge in [0.2, 0.25) is 0 Å². The Bertz CT molecular complexity index is 1450. The summed E-state index contributed by atoms with van der Waals surface area (Å²) >= 11 is 0. The molecular formula is C56H98O23. The van der Waals surface area contributed by atoms with Crippen molar-refractivity contribution in [3.63, 3.8) is 0 Å². The lowest BCUT2D eigenvalue weighted by molar-refractivity contribution is -0.0745. The predicted octanol–water partition coefficient (Wildman–Crippen LogP) is 2.80. The highest BCUT2D eigenvalue weighted by Gasteiger charge is 2.17. The van der Waals surface area contributed by atoms with Gasteiger partial charge in [0.15, 0.2) is 0 Å². The molecule has 2 atom stereocenters. The summed E-state index contributed by atoms with van der Waals surface area (Å²) in [5, 5.41) is 18.5. The van der Waals surface area contributed by atoms with Gasteiger partial charge in [-0.1, -0.05) is 60.7 Å². The minimum Gasteiger partial charge on any atom is -0.394 e. The van der Waals surface area contributed by atoms with E-state index in [1.165, 1.54) is 0 Å². The normalized spacial score (nSPS) is 12.5. The summed E-state index contributed by atoms with van der Waals surface area (Å²) in [6, 6.07) is 19.6. The molecule has 0 bridgehead atoms. The average molecular weight is 1140 g/mol. The third-order valence-corrected chi connectivity index (χ3v) is 10.4. The summed E-state index contributed by atoms with van der Waals surface area (Å²) in [6.07, 6.45) is -0.713. The van der Waals surface area contributed by atoms with E-state index in [1.807, 2.05) is 60.7 Å². The minimum absolute atomic E-state index is 0.0176. The molecule has 23 heteroatoms. The first-order chi connectivity index (χ1) is 39.3. The molecule has 0 aliphatic heterocycles. The molecule has 0 radical (unpaired) electrons. The molecule has 0 heterocycles. The van der Waals surface area contributed by atoms with Crippen LogP contribution in [-0.4, -0.2) is 288 Å². The zero-order valence-corrected chi connectivity index (χ0v) is 47.1. The molecule has 2 aromatic carbocycles. The topological polar surface area (TPSA) is 234 Å². The van der Waals surface area contributed by atoms with Crippen LogP contribution in [0.15, 0.2) is 60.7 Å². The maximum absolute atomic E-state index is 9.87. The number of rotatable bonds is 66. The van der Waals surface area contributed by atoms with Crippen molar-refractivity contribution in [2.75, 3.05) is 277 Å². The van der Waals surface area contributed by atoms with Gasteiger partial charge in [-0.15, -0.1) is 0 Å². The standard InChI is InChI=1S/C56H98O23/c57-11-12-59-13-14-60-15-16-61-17-18-62-19-20-63-21-22-64-23-24-65-25-26-66-27-28-67-29-30-68-31-32-69-33-34-70-35-36-71-37-38-72-39-40-73-41-42-74-43-44-75-45-46-76-47-48-77-49-50-78-56(54-9-5-2-6-10-54)52-79-55(51-58)53-7-3-1-4-8-53/h1-10,55-58H,11-52H2. The molecule has 0 aliphatic rings. The Balaban J connectivity index is 1.15. The van der Waals surface area contributed by atoms with Gasteiger partial charge in [0.25, 0.3) is 0 Å². The van der Waals surface area contributed by atoms with E-state index in [4.69, 9.17) is 105 Å². The van der Waals surface area contributed by atoms with Crippen LogP contribution < -0.4 is 0 Å². The first-order valence-electron chi connectivity index (χ1n) is 27.9. The predicted molar refractivity (Wildman–Crippen MR) is 290 cm³/mol. The van der Waals surface area contributed by atoms with Crippen molar-refractivity contribution in [2.24, 2.45) is 0 Å². The third-order valence-electron chi connectivity index (χ3n) is 10.4. The summed E-state index contributed by atoms with van der Waals surface area (Å²) < 4.78 is 117. The fraction of sp³-hybridized carbons (Fsp3) is 0.786. The molecular weight excluding hydrogens is 1040 g/mol. The molecule has 0 amide bonds. The van der Waals surface area contributed by atoms with Gasteiger partial charge in [0.1, 0.15) is 12.2 Å². The Hall–Kier alpha value is -2.48. The zero-order chi connectivity index (χ0) is 55.9. The van der Waals surface area contributed by atoms with Crippen LogP contribution in [0.25, 0.3) is 0 Å². The van der Waals surface area contributed by atoms with E-state index in [2.05, 4.69) is 0 Å². The Morgan fingerprint density at radius 1 is 0.215 bits per heavy atom.